The third kappa shape index (κ3) is 3.82. The van der Waals surface area contributed by atoms with Crippen LogP contribution < -0.4 is 9.47 Å². The fourth-order valence-corrected chi connectivity index (χ4v) is 2.19. The van der Waals surface area contributed by atoms with Gasteiger partial charge in [-0.15, -0.1) is 0 Å². The second-order valence-corrected chi connectivity index (χ2v) is 4.77. The zero-order chi connectivity index (χ0) is 17.4. The van der Waals surface area contributed by atoms with Gasteiger partial charge in [-0.1, -0.05) is 48.6 Å². The molecular formula is C20H16N2O2. The van der Waals surface area contributed by atoms with Gasteiger partial charge < -0.3 is 9.47 Å². The molecule has 0 aliphatic rings. The molecule has 0 bridgehead atoms. The molecule has 0 N–H and O–H groups in total. The lowest BCUT2D eigenvalue weighted by atomic mass is 10.1. The molecule has 0 aromatic heterocycles. The third-order valence-corrected chi connectivity index (χ3v) is 3.37. The van der Waals surface area contributed by atoms with Gasteiger partial charge in [0.15, 0.2) is 11.4 Å². The molecule has 0 saturated carbocycles. The second-order valence-electron chi connectivity index (χ2n) is 4.77. The Balaban J connectivity index is 2.52. The molecule has 0 heterocycles. The highest BCUT2D eigenvalue weighted by Gasteiger charge is 2.09. The van der Waals surface area contributed by atoms with Crippen molar-refractivity contribution in [1.29, 1.82) is 0 Å². The number of methoxy groups -OCH3 is 2. The summed E-state index contributed by atoms with van der Waals surface area (Å²) in [5.74, 6) is 1.31. The first kappa shape index (κ1) is 16.9. The molecule has 2 aromatic rings. The van der Waals surface area contributed by atoms with Crippen LogP contribution in [-0.2, 0) is 0 Å². The van der Waals surface area contributed by atoms with Gasteiger partial charge in [-0.3, -0.25) is 9.69 Å². The average molecular weight is 316 g/mol. The van der Waals surface area contributed by atoms with Crippen LogP contribution in [0.3, 0.4) is 0 Å². The Bertz CT molecular complexity index is 794. The number of hydrogen-bond donors (Lipinski definition) is 0. The van der Waals surface area contributed by atoms with E-state index in [0.29, 0.717) is 11.5 Å². The monoisotopic (exact) mass is 316 g/mol. The first-order valence-corrected chi connectivity index (χ1v) is 7.18. The van der Waals surface area contributed by atoms with Gasteiger partial charge in [0, 0.05) is 11.1 Å². The van der Waals surface area contributed by atoms with E-state index in [1.54, 1.807) is 26.4 Å². The first-order chi connectivity index (χ1) is 11.7. The molecule has 0 amide bonds. The van der Waals surface area contributed by atoms with Crippen LogP contribution in [-0.4, -0.2) is 14.2 Å². The van der Waals surface area contributed by atoms with Crippen molar-refractivity contribution in [2.45, 2.75) is 0 Å². The van der Waals surface area contributed by atoms with Gasteiger partial charge in [-0.25, -0.2) is 0 Å². The highest BCUT2D eigenvalue weighted by Crippen LogP contribution is 2.27. The predicted molar refractivity (Wildman–Crippen MR) is 95.1 cm³/mol. The molecule has 4 nitrogen and oxygen atoms in total. The number of ether oxygens (including phenoxy) is 2. The fraction of sp³-hybridized carbons (Fsp3) is 0.100. The number of nitrogens with zero attached hydrogens (tertiary/aromatic N) is 2. The summed E-state index contributed by atoms with van der Waals surface area (Å²) in [6, 6.07) is 14.7. The van der Waals surface area contributed by atoms with E-state index in [0.717, 1.165) is 11.1 Å². The lowest BCUT2D eigenvalue weighted by Gasteiger charge is -2.06. The predicted octanol–water partition coefficient (Wildman–Crippen LogP) is 4.92. The number of para-hydroxylation sites is 2. The van der Waals surface area contributed by atoms with Gasteiger partial charge in [0.2, 0.25) is 0 Å². The Labute approximate surface area is 141 Å². The van der Waals surface area contributed by atoms with Crippen molar-refractivity contribution in [3.05, 3.63) is 93.9 Å². The fourth-order valence-electron chi connectivity index (χ4n) is 2.19. The number of benzene rings is 2. The van der Waals surface area contributed by atoms with E-state index in [4.69, 9.17) is 22.6 Å². The molecule has 2 rings (SSSR count). The van der Waals surface area contributed by atoms with Crippen LogP contribution >= 0.6 is 0 Å². The summed E-state index contributed by atoms with van der Waals surface area (Å²) in [5.41, 5.74) is 2.00. The molecule has 0 atom stereocenters. The van der Waals surface area contributed by atoms with E-state index < -0.39 is 0 Å². The summed E-state index contributed by atoms with van der Waals surface area (Å²) >= 11 is 0. The van der Waals surface area contributed by atoms with Crippen molar-refractivity contribution >= 4 is 12.2 Å². The largest absolute Gasteiger partial charge is 0.496 e. The van der Waals surface area contributed by atoms with Crippen LogP contribution in [0.4, 0.5) is 0 Å². The van der Waals surface area contributed by atoms with Gasteiger partial charge in [-0.05, 0) is 12.1 Å². The standard InChI is InChI=1S/C20H16N2O2/c1-21-17(13-15-9-5-7-11-19(15)23-3)18(22-2)14-16-10-6-8-12-20(16)24-4/h5-14H,3-4H3/b17-13-,18-14-. The highest BCUT2D eigenvalue weighted by atomic mass is 16.5. The Kier molecular flexibility index (Phi) is 5.77. The van der Waals surface area contributed by atoms with Crippen LogP contribution in [0.1, 0.15) is 11.1 Å². The maximum Gasteiger partial charge on any atom is 0.195 e. The van der Waals surface area contributed by atoms with E-state index in [-0.39, 0.29) is 11.4 Å². The highest BCUT2D eigenvalue weighted by molar-refractivity contribution is 5.73. The summed E-state index contributed by atoms with van der Waals surface area (Å²) in [4.78, 5) is 7.03. The molecule has 0 unspecified atom stereocenters. The minimum atomic E-state index is 0.250. The molecule has 0 aliphatic heterocycles. The van der Waals surface area contributed by atoms with Crippen LogP contribution in [0.2, 0.25) is 0 Å². The molecule has 0 fully saturated rings. The number of hydrogen-bond acceptors (Lipinski definition) is 2. The van der Waals surface area contributed by atoms with Crippen LogP contribution in [0.5, 0.6) is 11.5 Å². The molecule has 2 aromatic carbocycles. The van der Waals surface area contributed by atoms with Gasteiger partial charge in [0.05, 0.1) is 27.4 Å². The molecule has 24 heavy (non-hydrogen) atoms. The van der Waals surface area contributed by atoms with Gasteiger partial charge in [-0.2, -0.15) is 0 Å². The first-order valence-electron chi connectivity index (χ1n) is 7.18. The quantitative estimate of drug-likeness (QED) is 0.578. The summed E-state index contributed by atoms with van der Waals surface area (Å²) in [6.45, 7) is 14.9. The van der Waals surface area contributed by atoms with Crippen LogP contribution in [0.15, 0.2) is 59.9 Å². The average Bonchev–Trinajstić information content (AvgIpc) is 2.65. The van der Waals surface area contributed by atoms with Crippen LogP contribution in [0, 0.1) is 13.1 Å². The zero-order valence-electron chi connectivity index (χ0n) is 13.5. The summed E-state index contributed by atoms with van der Waals surface area (Å²) in [6.07, 6.45) is 3.32. The lowest BCUT2D eigenvalue weighted by molar-refractivity contribution is 0.413. The maximum atomic E-state index is 7.44. The summed E-state index contributed by atoms with van der Waals surface area (Å²) in [7, 11) is 3.15. The third-order valence-electron chi connectivity index (χ3n) is 3.37. The SMILES string of the molecule is [C-]#[N+]C(=C\c1ccccc1OC)/C(=C/c1ccccc1OC)[N+]#[C-]. The zero-order valence-corrected chi connectivity index (χ0v) is 13.5. The minimum absolute atomic E-state index is 0.250. The lowest BCUT2D eigenvalue weighted by Crippen LogP contribution is -1.89. The summed E-state index contributed by atoms with van der Waals surface area (Å²) in [5, 5.41) is 0. The molecular weight excluding hydrogens is 300 g/mol. The van der Waals surface area contributed by atoms with E-state index >= 15 is 0 Å². The van der Waals surface area contributed by atoms with Crippen molar-refractivity contribution in [3.8, 4) is 11.5 Å². The van der Waals surface area contributed by atoms with Crippen molar-refractivity contribution in [3.63, 3.8) is 0 Å². The van der Waals surface area contributed by atoms with Crippen molar-refractivity contribution < 1.29 is 9.47 Å². The Morgan fingerprint density at radius 1 is 0.750 bits per heavy atom. The topological polar surface area (TPSA) is 27.2 Å². The molecule has 0 saturated heterocycles. The minimum Gasteiger partial charge on any atom is -0.496 e. The van der Waals surface area contributed by atoms with Crippen LogP contribution in [0.25, 0.3) is 21.8 Å². The van der Waals surface area contributed by atoms with Gasteiger partial charge >= 0.3 is 0 Å². The van der Waals surface area contributed by atoms with Gasteiger partial charge in [0.1, 0.15) is 11.5 Å². The van der Waals surface area contributed by atoms with E-state index in [1.165, 1.54) is 0 Å². The van der Waals surface area contributed by atoms with E-state index in [9.17, 15) is 0 Å². The van der Waals surface area contributed by atoms with E-state index in [1.807, 2.05) is 48.5 Å². The van der Waals surface area contributed by atoms with Gasteiger partial charge in [0.25, 0.3) is 0 Å². The molecule has 0 spiro atoms. The maximum absolute atomic E-state index is 7.44. The summed E-state index contributed by atoms with van der Waals surface area (Å²) < 4.78 is 10.6. The Morgan fingerprint density at radius 3 is 1.46 bits per heavy atom. The van der Waals surface area contributed by atoms with E-state index in [2.05, 4.69) is 9.69 Å². The molecule has 0 aliphatic carbocycles. The van der Waals surface area contributed by atoms with Crippen molar-refractivity contribution in [1.82, 2.24) is 0 Å². The second kappa shape index (κ2) is 8.22. The van der Waals surface area contributed by atoms with Crippen molar-refractivity contribution in [2.24, 2.45) is 0 Å². The Hall–Kier alpha value is -3.50. The molecule has 4 heteroatoms. The smallest absolute Gasteiger partial charge is 0.195 e. The Morgan fingerprint density at radius 2 is 1.12 bits per heavy atom. The normalized spacial score (nSPS) is 11.3. The molecule has 118 valence electrons. The number of rotatable bonds is 5. The molecule has 0 radical (unpaired) electrons. The van der Waals surface area contributed by atoms with Crippen molar-refractivity contribution in [2.75, 3.05) is 14.2 Å².